The molecule has 480 valence electrons. The Morgan fingerprint density at radius 3 is 0.670 bits per heavy atom. The fraction of sp³-hybridized carbons (Fsp3) is 0.0430. The number of aromatic nitrogens is 7. The average Bonchev–Trinajstić information content (AvgIpc) is 0.828. The van der Waals surface area contributed by atoms with Crippen molar-refractivity contribution in [2.24, 2.45) is 0 Å². The van der Waals surface area contributed by atoms with Crippen molar-refractivity contribution < 1.29 is 0 Å². The molecule has 0 fully saturated rings. The molecule has 0 aliphatic rings. The maximum atomic E-state index is 4.93. The number of aryl methyl sites for hydroxylation is 4. The average molecular weight is 1290 g/mol. The number of benzene rings is 12. The van der Waals surface area contributed by atoms with Crippen LogP contribution < -0.4 is 0 Å². The third-order valence-electron chi connectivity index (χ3n) is 16.8. The van der Waals surface area contributed by atoms with Crippen LogP contribution >= 0.6 is 0 Å². The zero-order chi connectivity index (χ0) is 68.2. The van der Waals surface area contributed by atoms with E-state index < -0.39 is 0 Å². The SMILES string of the molecule is Cc1ccc(-c2cc(-c3ccccc3)cc(-c3ccccc3)n2)cc1.Cc1ccc(-c2cc(-c3ccccc3)nc(-c3ccccc3)c2)cc1.Cc1ccc(-c2nc(-c3ccccc3)cc(-c3ccccc3)n2)cc1.Cc1cccc(-c2nc(-c3ccccc3)nc(-c3ccccc3)n2)c1. The number of hydrogen-bond acceptors (Lipinski definition) is 7. The number of pyridine rings is 2. The minimum Gasteiger partial charge on any atom is -0.248 e. The number of nitrogens with zero attached hydrogens (tertiary/aromatic N) is 7. The molecular formula is C93H73N7. The summed E-state index contributed by atoms with van der Waals surface area (Å²) in [6.07, 6.45) is 0. The van der Waals surface area contributed by atoms with E-state index in [0.717, 1.165) is 95.6 Å². The van der Waals surface area contributed by atoms with E-state index in [9.17, 15) is 0 Å². The van der Waals surface area contributed by atoms with Crippen LogP contribution in [-0.2, 0) is 0 Å². The van der Waals surface area contributed by atoms with Gasteiger partial charge in [0.05, 0.1) is 34.2 Å². The Morgan fingerprint density at radius 1 is 0.130 bits per heavy atom. The van der Waals surface area contributed by atoms with Crippen molar-refractivity contribution in [3.05, 3.63) is 392 Å². The van der Waals surface area contributed by atoms with Gasteiger partial charge in [0.25, 0.3) is 0 Å². The molecule has 0 radical (unpaired) electrons. The molecule has 12 aromatic carbocycles. The van der Waals surface area contributed by atoms with Crippen LogP contribution in [0.15, 0.2) is 370 Å². The Kier molecular flexibility index (Phi) is 21.1. The molecule has 0 spiro atoms. The molecule has 0 saturated heterocycles. The molecule has 16 aromatic rings. The summed E-state index contributed by atoms with van der Waals surface area (Å²) in [4.78, 5) is 33.6. The molecule has 0 atom stereocenters. The first-order valence-electron chi connectivity index (χ1n) is 33.6. The second-order valence-electron chi connectivity index (χ2n) is 24.4. The van der Waals surface area contributed by atoms with Crippen LogP contribution in [0.5, 0.6) is 0 Å². The van der Waals surface area contributed by atoms with Crippen molar-refractivity contribution in [1.29, 1.82) is 0 Å². The lowest BCUT2D eigenvalue weighted by Gasteiger charge is -2.10. The summed E-state index contributed by atoms with van der Waals surface area (Å²) in [7, 11) is 0. The lowest BCUT2D eigenvalue weighted by Crippen LogP contribution is -2.00. The number of hydrogen-bond donors (Lipinski definition) is 0. The summed E-state index contributed by atoms with van der Waals surface area (Å²) in [5.74, 6) is 2.81. The van der Waals surface area contributed by atoms with Crippen LogP contribution in [0.3, 0.4) is 0 Å². The van der Waals surface area contributed by atoms with Gasteiger partial charge in [-0.05, 0) is 86.3 Å². The van der Waals surface area contributed by atoms with E-state index in [1.54, 1.807) is 0 Å². The molecular weight excluding hydrogens is 1220 g/mol. The van der Waals surface area contributed by atoms with Crippen molar-refractivity contribution >= 4 is 0 Å². The molecule has 0 bridgehead atoms. The lowest BCUT2D eigenvalue weighted by molar-refractivity contribution is 1.07. The Bertz CT molecular complexity index is 4630. The van der Waals surface area contributed by atoms with Gasteiger partial charge in [0.15, 0.2) is 23.3 Å². The van der Waals surface area contributed by atoms with Crippen LogP contribution in [0, 0.1) is 27.7 Å². The van der Waals surface area contributed by atoms with Gasteiger partial charge in [-0.3, -0.25) is 0 Å². The van der Waals surface area contributed by atoms with Gasteiger partial charge in [0, 0.05) is 55.6 Å². The molecule has 7 heteroatoms. The van der Waals surface area contributed by atoms with Crippen LogP contribution in [-0.4, -0.2) is 34.9 Å². The molecule has 100 heavy (non-hydrogen) atoms. The Hall–Kier alpha value is -13.0. The molecule has 0 unspecified atom stereocenters. The highest BCUT2D eigenvalue weighted by molar-refractivity contribution is 5.79. The first-order valence-corrected chi connectivity index (χ1v) is 33.6. The highest BCUT2D eigenvalue weighted by Crippen LogP contribution is 2.34. The van der Waals surface area contributed by atoms with Gasteiger partial charge in [0.1, 0.15) is 0 Å². The normalized spacial score (nSPS) is 10.6. The van der Waals surface area contributed by atoms with Crippen molar-refractivity contribution in [3.63, 3.8) is 0 Å². The molecule has 0 saturated carbocycles. The second kappa shape index (κ2) is 32.2. The van der Waals surface area contributed by atoms with E-state index in [1.165, 1.54) is 44.5 Å². The summed E-state index contributed by atoms with van der Waals surface area (Å²) < 4.78 is 0. The molecule has 4 heterocycles. The maximum Gasteiger partial charge on any atom is 0.164 e. The largest absolute Gasteiger partial charge is 0.248 e. The van der Waals surface area contributed by atoms with Crippen LogP contribution in [0.4, 0.5) is 0 Å². The fourth-order valence-electron chi connectivity index (χ4n) is 11.4. The van der Waals surface area contributed by atoms with Gasteiger partial charge in [-0.1, -0.05) is 356 Å². The molecule has 0 amide bonds. The molecule has 7 nitrogen and oxygen atoms in total. The minimum atomic E-state index is 0.686. The molecule has 4 aromatic heterocycles. The van der Waals surface area contributed by atoms with Crippen molar-refractivity contribution in [2.75, 3.05) is 0 Å². The highest BCUT2D eigenvalue weighted by Gasteiger charge is 2.15. The summed E-state index contributed by atoms with van der Waals surface area (Å²) in [6.45, 7) is 8.37. The third kappa shape index (κ3) is 17.2. The Morgan fingerprint density at radius 2 is 0.350 bits per heavy atom. The van der Waals surface area contributed by atoms with E-state index in [4.69, 9.17) is 34.9 Å². The summed E-state index contributed by atoms with van der Waals surface area (Å²) in [5, 5.41) is 0. The summed E-state index contributed by atoms with van der Waals surface area (Å²) in [6, 6.07) is 127. The van der Waals surface area contributed by atoms with Gasteiger partial charge < -0.3 is 0 Å². The van der Waals surface area contributed by atoms with E-state index in [2.05, 4.69) is 264 Å². The van der Waals surface area contributed by atoms with Crippen molar-refractivity contribution in [2.45, 2.75) is 27.7 Å². The molecule has 0 aliphatic carbocycles. The third-order valence-corrected chi connectivity index (χ3v) is 16.8. The van der Waals surface area contributed by atoms with Crippen LogP contribution in [0.25, 0.3) is 135 Å². The Balaban J connectivity index is 0.000000119. The maximum absolute atomic E-state index is 4.93. The Labute approximate surface area is 586 Å². The van der Waals surface area contributed by atoms with Gasteiger partial charge in [-0.2, -0.15) is 0 Å². The lowest BCUT2D eigenvalue weighted by atomic mass is 9.99. The fourth-order valence-corrected chi connectivity index (χ4v) is 11.4. The van der Waals surface area contributed by atoms with Crippen molar-refractivity contribution in [3.8, 4) is 135 Å². The van der Waals surface area contributed by atoms with Gasteiger partial charge >= 0.3 is 0 Å². The standard InChI is InChI=1S/2C24H19N.C23H18N2.C22H17N3/c1-18-12-14-19(15-13-18)22-16-23(20-8-4-2-5-9-20)25-24(17-22)21-10-6-3-7-11-21;1-18-12-14-21(15-13-18)24-17-22(19-8-4-2-5-9-19)16-23(25-24)20-10-6-3-7-11-20;1-17-12-14-20(15-13-17)23-24-21(18-8-4-2-5-9-18)16-22(25-23)19-10-6-3-7-11-19;1-16-9-8-14-19(15-16)22-24-20(17-10-4-2-5-11-17)23-21(25-22)18-12-6-3-7-13-18/h2*2-17H,1H3;2-16H,1H3;2-15H,1H3. The predicted molar refractivity (Wildman–Crippen MR) is 415 cm³/mol. The predicted octanol–water partition coefficient (Wildman–Crippen LogP) is 23.7. The smallest absolute Gasteiger partial charge is 0.164 e. The van der Waals surface area contributed by atoms with Gasteiger partial charge in [-0.25, -0.2) is 34.9 Å². The molecule has 16 rings (SSSR count). The van der Waals surface area contributed by atoms with Crippen LogP contribution in [0.1, 0.15) is 22.3 Å². The monoisotopic (exact) mass is 1290 g/mol. The van der Waals surface area contributed by atoms with E-state index in [1.807, 2.05) is 133 Å². The van der Waals surface area contributed by atoms with E-state index in [0.29, 0.717) is 17.5 Å². The molecule has 0 aliphatic heterocycles. The topological polar surface area (TPSA) is 90.2 Å². The second-order valence-corrected chi connectivity index (χ2v) is 24.4. The van der Waals surface area contributed by atoms with Gasteiger partial charge in [0.2, 0.25) is 0 Å². The summed E-state index contributed by atoms with van der Waals surface area (Å²) in [5.41, 5.74) is 26.3. The van der Waals surface area contributed by atoms with Crippen molar-refractivity contribution in [1.82, 2.24) is 34.9 Å². The van der Waals surface area contributed by atoms with E-state index in [-0.39, 0.29) is 0 Å². The molecule has 0 N–H and O–H groups in total. The first kappa shape index (κ1) is 65.7. The highest BCUT2D eigenvalue weighted by atomic mass is 15.0. The number of rotatable bonds is 12. The van der Waals surface area contributed by atoms with E-state index >= 15 is 0 Å². The quantitative estimate of drug-likeness (QED) is 0.120. The zero-order valence-corrected chi connectivity index (χ0v) is 56.3. The zero-order valence-electron chi connectivity index (χ0n) is 56.3. The van der Waals surface area contributed by atoms with Gasteiger partial charge in [-0.15, -0.1) is 0 Å². The minimum absolute atomic E-state index is 0.686. The van der Waals surface area contributed by atoms with Crippen LogP contribution in [0.2, 0.25) is 0 Å². The first-order chi connectivity index (χ1) is 49.2. The summed E-state index contributed by atoms with van der Waals surface area (Å²) >= 11 is 0.